The van der Waals surface area contributed by atoms with E-state index in [0.29, 0.717) is 0 Å². The third-order valence-electron chi connectivity index (χ3n) is 0. The zero-order valence-corrected chi connectivity index (χ0v) is 5.25. The Morgan fingerprint density at radius 3 is 1.20 bits per heavy atom. The molecule has 1 nitrogen and oxygen atoms in total. The average Bonchev–Trinajstić information content (AvgIpc) is 0.918. The van der Waals surface area contributed by atoms with E-state index in [2.05, 4.69) is 20.2 Å². The fraction of sp³-hybridized carbons (Fsp3) is 0. The number of hydrogen-bond acceptors (Lipinski definition) is 0. The molecule has 0 saturated carbocycles. The summed E-state index contributed by atoms with van der Waals surface area (Å²) in [6, 6.07) is 0. The monoisotopic (exact) mass is 214 g/mol. The van der Waals surface area contributed by atoms with Crippen molar-refractivity contribution < 1.29 is 35.7 Å². The van der Waals surface area contributed by atoms with Crippen molar-refractivity contribution in [3.63, 3.8) is 0 Å². The van der Waals surface area contributed by atoms with Crippen LogP contribution >= 0.6 is 20.2 Å². The molecule has 0 aliphatic carbocycles. The Kier molecular flexibility index (Phi) is 56.2. The predicted molar refractivity (Wildman–Crippen MR) is 15.3 cm³/mol. The molecular weight excluding hydrogens is 214 g/mol. The van der Waals surface area contributed by atoms with E-state index in [1.807, 2.05) is 0 Å². The van der Waals surface area contributed by atoms with Crippen molar-refractivity contribution >= 4 is 20.2 Å². The van der Waals surface area contributed by atoms with Crippen LogP contribution in [0.25, 0.3) is 0 Å². The number of rotatable bonds is 0. The molecule has 1 radical (unpaired) electrons. The molecule has 44 valence electrons. The third-order valence-corrected chi connectivity index (χ3v) is 0. The van der Waals surface area contributed by atoms with Crippen LogP contribution in [0.15, 0.2) is 0 Å². The predicted octanol–water partition coefficient (Wildman–Crippen LogP) is 0.549. The van der Waals surface area contributed by atoms with E-state index in [-0.39, 0.29) is 22.5 Å². The summed E-state index contributed by atoms with van der Waals surface area (Å²) in [4.78, 5) is 0. The summed E-state index contributed by atoms with van der Waals surface area (Å²) in [6.07, 6.45) is 0. The van der Waals surface area contributed by atoms with Crippen LogP contribution in [0.3, 0.4) is 0 Å². The van der Waals surface area contributed by atoms with Crippen molar-refractivity contribution in [2.45, 2.75) is 0 Å². The van der Waals surface area contributed by atoms with Gasteiger partial charge in [-0.1, -0.05) is 0 Å². The minimum atomic E-state index is 0. The Balaban J connectivity index is -0.0000000200. The van der Waals surface area contributed by atoms with E-state index in [1.165, 1.54) is 0 Å². The molecular formula is H2Cl2Cu2O. The average molecular weight is 216 g/mol. The van der Waals surface area contributed by atoms with Gasteiger partial charge in [-0.3, -0.25) is 0 Å². The molecule has 0 atom stereocenters. The van der Waals surface area contributed by atoms with Gasteiger partial charge < -0.3 is 5.48 Å². The zero-order chi connectivity index (χ0) is 2.71. The molecule has 0 aromatic rings. The van der Waals surface area contributed by atoms with Gasteiger partial charge in [-0.2, -0.15) is 0 Å². The summed E-state index contributed by atoms with van der Waals surface area (Å²) in [7, 11) is 9.34. The van der Waals surface area contributed by atoms with Crippen LogP contribution in [-0.4, -0.2) is 5.48 Å². The topological polar surface area (TPSA) is 31.5 Å². The second kappa shape index (κ2) is 17.6. The first-order chi connectivity index (χ1) is 1.41. The van der Waals surface area contributed by atoms with Gasteiger partial charge in [0.1, 0.15) is 0 Å². The molecule has 2 N–H and O–H groups in total. The summed E-state index contributed by atoms with van der Waals surface area (Å²) < 4.78 is 0. The molecule has 0 rings (SSSR count). The standard InChI is InChI=1S/2ClH.2Cu.H2O/h2*1H;;;1H2/q;;;+2;/p-2. The van der Waals surface area contributed by atoms with E-state index in [9.17, 15) is 0 Å². The van der Waals surface area contributed by atoms with E-state index >= 15 is 0 Å². The van der Waals surface area contributed by atoms with Crippen molar-refractivity contribution in [3.05, 3.63) is 0 Å². The first kappa shape index (κ1) is 16.0. The normalized spacial score (nSPS) is 4.40. The van der Waals surface area contributed by atoms with Gasteiger partial charge in [0.25, 0.3) is 0 Å². The van der Waals surface area contributed by atoms with Crippen LogP contribution in [0.4, 0.5) is 0 Å². The van der Waals surface area contributed by atoms with Crippen molar-refractivity contribution in [1.82, 2.24) is 0 Å². The maximum atomic E-state index is 4.67. The quantitative estimate of drug-likeness (QED) is 0.529. The molecule has 0 aliphatic heterocycles. The van der Waals surface area contributed by atoms with Gasteiger partial charge in [-0.25, -0.2) is 0 Å². The summed E-state index contributed by atoms with van der Waals surface area (Å²) in [6.45, 7) is 0. The molecule has 0 bridgehead atoms. The van der Waals surface area contributed by atoms with E-state index in [1.54, 1.807) is 0 Å². The van der Waals surface area contributed by atoms with Crippen LogP contribution in [0.5, 0.6) is 0 Å². The van der Waals surface area contributed by atoms with Gasteiger partial charge >= 0.3 is 33.3 Å². The van der Waals surface area contributed by atoms with Gasteiger partial charge in [0, 0.05) is 17.1 Å². The maximum absolute atomic E-state index is 4.67. The van der Waals surface area contributed by atoms with Crippen LogP contribution in [-0.2, 0) is 30.2 Å². The van der Waals surface area contributed by atoms with Crippen molar-refractivity contribution in [1.29, 1.82) is 0 Å². The molecule has 0 aromatic heterocycles. The minimum Gasteiger partial charge on any atom is 0 e. The van der Waals surface area contributed by atoms with Gasteiger partial charge in [0.2, 0.25) is 0 Å². The zero-order valence-electron chi connectivity index (χ0n) is 1.86. The fourth-order valence-electron chi connectivity index (χ4n) is 0. The smallest absolute Gasteiger partial charge is 0 e. The van der Waals surface area contributed by atoms with Crippen LogP contribution < -0.4 is 0 Å². The minimum absolute atomic E-state index is 0. The number of halogens is 2. The SMILES string of the molecule is O.[Cl][Cu][Cl].[Cu]. The molecule has 0 spiro atoms. The van der Waals surface area contributed by atoms with Crippen LogP contribution in [0.1, 0.15) is 0 Å². The van der Waals surface area contributed by atoms with E-state index in [4.69, 9.17) is 0 Å². The Morgan fingerprint density at radius 1 is 1.20 bits per heavy atom. The third kappa shape index (κ3) is 28.7. The Labute approximate surface area is 55.8 Å². The first-order valence-electron chi connectivity index (χ1n) is 0.228. The second-order valence-electron chi connectivity index (χ2n) is 0.0431. The molecule has 5 heteroatoms. The maximum Gasteiger partial charge on any atom is 0 e. The molecule has 0 aromatic carbocycles. The molecule has 0 fully saturated rings. The van der Waals surface area contributed by atoms with Gasteiger partial charge in [0.15, 0.2) is 0 Å². The largest absolute Gasteiger partial charge is 0 e. The number of hydrogen-bond donors (Lipinski definition) is 0. The molecule has 0 heterocycles. The van der Waals surface area contributed by atoms with Crippen LogP contribution in [0, 0.1) is 0 Å². The summed E-state index contributed by atoms with van der Waals surface area (Å²) in [5.74, 6) is 0. The van der Waals surface area contributed by atoms with Gasteiger partial charge in [0.05, 0.1) is 0 Å². The Bertz CT molecular complexity index is 7.61. The Hall–Kier alpha value is 1.58. The van der Waals surface area contributed by atoms with Crippen molar-refractivity contribution in [3.8, 4) is 0 Å². The summed E-state index contributed by atoms with van der Waals surface area (Å²) in [5, 5.41) is 0. The molecule has 0 aliphatic rings. The fourth-order valence-corrected chi connectivity index (χ4v) is 0. The van der Waals surface area contributed by atoms with Crippen molar-refractivity contribution in [2.24, 2.45) is 0 Å². The molecule has 0 saturated heterocycles. The van der Waals surface area contributed by atoms with Gasteiger partial charge in [-0.15, -0.1) is 0 Å². The summed E-state index contributed by atoms with van der Waals surface area (Å²) >= 11 is 0.757. The summed E-state index contributed by atoms with van der Waals surface area (Å²) in [5.41, 5.74) is 0. The Morgan fingerprint density at radius 2 is 1.20 bits per heavy atom. The molecule has 0 amide bonds. The van der Waals surface area contributed by atoms with E-state index < -0.39 is 0 Å². The van der Waals surface area contributed by atoms with Gasteiger partial charge in [-0.05, 0) is 0 Å². The molecule has 5 heavy (non-hydrogen) atoms. The van der Waals surface area contributed by atoms with E-state index in [0.717, 1.165) is 13.1 Å². The second-order valence-corrected chi connectivity index (χ2v) is 1.60. The first-order valence-corrected chi connectivity index (χ1v) is 2.82. The van der Waals surface area contributed by atoms with Crippen molar-refractivity contribution in [2.75, 3.05) is 0 Å². The van der Waals surface area contributed by atoms with Crippen LogP contribution in [0.2, 0.25) is 0 Å². The molecule has 0 unspecified atom stereocenters.